The molecule has 1 aliphatic heterocycles. The number of rotatable bonds is 10. The van der Waals surface area contributed by atoms with Gasteiger partial charge in [0.25, 0.3) is 0 Å². The maximum absolute atomic E-state index is 13.2. The second-order valence-electron chi connectivity index (χ2n) is 9.70. The van der Waals surface area contributed by atoms with Gasteiger partial charge in [-0.3, -0.25) is 9.63 Å². The van der Waals surface area contributed by atoms with Gasteiger partial charge < -0.3 is 34.9 Å². The van der Waals surface area contributed by atoms with Crippen molar-refractivity contribution in [2.75, 3.05) is 13.7 Å². The molecule has 40 heavy (non-hydrogen) atoms. The third-order valence-corrected chi connectivity index (χ3v) is 6.95. The Labute approximate surface area is 230 Å². The van der Waals surface area contributed by atoms with Crippen LogP contribution in [0.2, 0.25) is 0 Å². The van der Waals surface area contributed by atoms with Gasteiger partial charge in [-0.05, 0) is 31.0 Å². The first-order valence-corrected chi connectivity index (χ1v) is 12.9. The number of carbonyl (C=O) groups is 1. The van der Waals surface area contributed by atoms with E-state index in [-0.39, 0.29) is 23.3 Å². The molecule has 216 valence electrons. The Hall–Kier alpha value is -3.36. The molecule has 2 aromatic carbocycles. The van der Waals surface area contributed by atoms with E-state index in [1.54, 1.807) is 31.2 Å². The van der Waals surface area contributed by atoms with E-state index in [0.29, 0.717) is 5.39 Å². The summed E-state index contributed by atoms with van der Waals surface area (Å²) < 4.78 is 11.2. The average Bonchev–Trinajstić information content (AvgIpc) is 2.94. The number of amides is 1. The second-order valence-corrected chi connectivity index (χ2v) is 9.70. The fourth-order valence-electron chi connectivity index (χ4n) is 4.98. The third kappa shape index (κ3) is 6.18. The van der Waals surface area contributed by atoms with Gasteiger partial charge >= 0.3 is 5.63 Å². The number of aromatic hydroxyl groups is 1. The van der Waals surface area contributed by atoms with Gasteiger partial charge in [0.15, 0.2) is 0 Å². The second kappa shape index (κ2) is 12.9. The van der Waals surface area contributed by atoms with Crippen LogP contribution in [0.5, 0.6) is 5.75 Å². The number of fused-ring (bicyclic) bond motifs is 1. The largest absolute Gasteiger partial charge is 0.507 e. The summed E-state index contributed by atoms with van der Waals surface area (Å²) in [5, 5.41) is 45.7. The van der Waals surface area contributed by atoms with Crippen molar-refractivity contribution in [1.82, 2.24) is 10.5 Å². The quantitative estimate of drug-likeness (QED) is 0.179. The summed E-state index contributed by atoms with van der Waals surface area (Å²) in [4.78, 5) is 36.3. The molecule has 3 aromatic rings. The van der Waals surface area contributed by atoms with Crippen LogP contribution in [0.15, 0.2) is 63.8 Å². The number of nitrogens with zero attached hydrogens (tertiary/aromatic N) is 1. The highest BCUT2D eigenvalue weighted by Crippen LogP contribution is 2.37. The number of hydroxylamine groups is 2. The van der Waals surface area contributed by atoms with Crippen molar-refractivity contribution in [3.8, 4) is 5.75 Å². The van der Waals surface area contributed by atoms with Gasteiger partial charge in [0.1, 0.15) is 35.7 Å². The molecule has 12 nitrogen and oxygen atoms in total. The van der Waals surface area contributed by atoms with Gasteiger partial charge in [-0.2, -0.15) is 0 Å². The van der Waals surface area contributed by atoms with Crippen LogP contribution < -0.4 is 10.9 Å². The Morgan fingerprint density at radius 3 is 2.42 bits per heavy atom. The van der Waals surface area contributed by atoms with E-state index in [1.807, 2.05) is 30.3 Å². The summed E-state index contributed by atoms with van der Waals surface area (Å²) in [5.74, 6) is -1.35. The maximum Gasteiger partial charge on any atom is 0.343 e. The Morgan fingerprint density at radius 2 is 1.77 bits per heavy atom. The monoisotopic (exact) mass is 558 g/mol. The lowest BCUT2D eigenvalue weighted by molar-refractivity contribution is -0.444. The van der Waals surface area contributed by atoms with Crippen molar-refractivity contribution in [2.45, 2.75) is 62.9 Å². The summed E-state index contributed by atoms with van der Waals surface area (Å²) in [7, 11) is 1.33. The zero-order valence-corrected chi connectivity index (χ0v) is 22.3. The molecule has 1 fully saturated rings. The lowest BCUT2D eigenvalue weighted by Crippen LogP contribution is -2.65. The van der Waals surface area contributed by atoms with E-state index in [2.05, 4.69) is 5.32 Å². The molecular weight excluding hydrogens is 524 g/mol. The van der Waals surface area contributed by atoms with E-state index in [1.165, 1.54) is 14.0 Å². The summed E-state index contributed by atoms with van der Waals surface area (Å²) in [6.07, 6.45) is -5.34. The van der Waals surface area contributed by atoms with Gasteiger partial charge in [-0.1, -0.05) is 47.7 Å². The predicted octanol–water partition coefficient (Wildman–Crippen LogP) is 1.15. The van der Waals surface area contributed by atoms with E-state index in [4.69, 9.17) is 18.8 Å². The molecule has 0 aliphatic carbocycles. The van der Waals surface area contributed by atoms with Crippen molar-refractivity contribution >= 4 is 16.9 Å². The normalized spacial score (nSPS) is 24.6. The number of hydrogen-bond acceptors (Lipinski definition) is 11. The summed E-state index contributed by atoms with van der Waals surface area (Å²) in [6.45, 7) is 2.36. The number of benzene rings is 2. The van der Waals surface area contributed by atoms with Crippen molar-refractivity contribution < 1.29 is 44.0 Å². The molecule has 5 N–H and O–H groups in total. The van der Waals surface area contributed by atoms with Crippen molar-refractivity contribution in [1.29, 1.82) is 0 Å². The van der Waals surface area contributed by atoms with Crippen LogP contribution >= 0.6 is 0 Å². The van der Waals surface area contributed by atoms with E-state index < -0.39 is 60.7 Å². The molecule has 0 saturated carbocycles. The molecule has 0 radical (unpaired) electrons. The first-order chi connectivity index (χ1) is 19.2. The smallest absolute Gasteiger partial charge is 0.343 e. The molecule has 0 spiro atoms. The molecule has 1 saturated heterocycles. The van der Waals surface area contributed by atoms with Crippen LogP contribution in [0.1, 0.15) is 37.3 Å². The van der Waals surface area contributed by atoms with Gasteiger partial charge in [0.2, 0.25) is 12.2 Å². The molecule has 1 aromatic heterocycles. The third-order valence-electron chi connectivity index (χ3n) is 6.95. The highest BCUT2D eigenvalue weighted by Gasteiger charge is 2.47. The fraction of sp³-hybridized carbons (Fsp3) is 0.429. The fourth-order valence-corrected chi connectivity index (χ4v) is 4.98. The Balaban J connectivity index is 1.66. The summed E-state index contributed by atoms with van der Waals surface area (Å²) in [5.41, 5.74) is 0.364. The van der Waals surface area contributed by atoms with E-state index in [9.17, 15) is 30.0 Å². The van der Waals surface area contributed by atoms with E-state index in [0.717, 1.165) is 10.8 Å². The molecule has 1 amide bonds. The van der Waals surface area contributed by atoms with Gasteiger partial charge in [-0.15, -0.1) is 0 Å². The number of carbonyl (C=O) groups excluding carboxylic acids is 1. The predicted molar refractivity (Wildman–Crippen MR) is 142 cm³/mol. The van der Waals surface area contributed by atoms with Crippen molar-refractivity contribution in [2.24, 2.45) is 0 Å². The zero-order valence-electron chi connectivity index (χ0n) is 22.3. The minimum atomic E-state index is -1.51. The van der Waals surface area contributed by atoms with Crippen LogP contribution in [0.25, 0.3) is 11.0 Å². The first kappa shape index (κ1) is 29.6. The minimum absolute atomic E-state index is 0.0664. The first-order valence-electron chi connectivity index (χ1n) is 12.9. The van der Waals surface area contributed by atoms with Crippen molar-refractivity contribution in [3.63, 3.8) is 0 Å². The van der Waals surface area contributed by atoms with Crippen LogP contribution in [0.3, 0.4) is 0 Å². The molecule has 12 heteroatoms. The molecule has 3 unspecified atom stereocenters. The number of para-hydroxylation sites is 1. The van der Waals surface area contributed by atoms with Crippen LogP contribution in [0.4, 0.5) is 0 Å². The topological polar surface area (TPSA) is 171 Å². The number of aliphatic hydroxyl groups excluding tert-OH is 3. The SMILES string of the molecule is CON(OC1O[C@H](CO)[C@@H](O)[C@H](O)[C@@H]1NC(C)=O)C(C)CC(c1ccccc1)c1c(O)c2ccccc2oc1=O. The molecule has 1 aliphatic rings. The lowest BCUT2D eigenvalue weighted by Gasteiger charge is -2.43. The Bertz CT molecular complexity index is 1350. The van der Waals surface area contributed by atoms with Gasteiger partial charge in [0.05, 0.1) is 30.7 Å². The van der Waals surface area contributed by atoms with E-state index >= 15 is 0 Å². The zero-order chi connectivity index (χ0) is 29.0. The highest BCUT2D eigenvalue weighted by molar-refractivity contribution is 5.84. The lowest BCUT2D eigenvalue weighted by atomic mass is 9.86. The maximum atomic E-state index is 13.2. The van der Waals surface area contributed by atoms with Gasteiger partial charge in [-0.25, -0.2) is 9.63 Å². The Kier molecular flexibility index (Phi) is 9.53. The number of hydrogen-bond donors (Lipinski definition) is 5. The molecular formula is C28H34N2O10. The summed E-state index contributed by atoms with van der Waals surface area (Å²) >= 11 is 0. The number of nitrogens with one attached hydrogen (secondary N) is 1. The van der Waals surface area contributed by atoms with Crippen LogP contribution in [-0.4, -0.2) is 82.0 Å². The number of ether oxygens (including phenoxy) is 1. The summed E-state index contributed by atoms with van der Waals surface area (Å²) in [6, 6.07) is 14.0. The van der Waals surface area contributed by atoms with Crippen LogP contribution in [0, 0.1) is 0 Å². The molecule has 0 bridgehead atoms. The highest BCUT2D eigenvalue weighted by atomic mass is 17.0. The Morgan fingerprint density at radius 1 is 1.10 bits per heavy atom. The van der Waals surface area contributed by atoms with Crippen molar-refractivity contribution in [3.05, 3.63) is 76.1 Å². The molecule has 4 rings (SSSR count). The van der Waals surface area contributed by atoms with Crippen LogP contribution in [-0.2, 0) is 19.2 Å². The van der Waals surface area contributed by atoms with Gasteiger partial charge in [0, 0.05) is 12.8 Å². The average molecular weight is 559 g/mol. The minimum Gasteiger partial charge on any atom is -0.507 e. The number of aliphatic hydroxyl groups is 3. The molecule has 7 atom stereocenters. The molecule has 2 heterocycles. The standard InChI is InChI=1S/C28H34N2O10/c1-15(30(37-3)40-28-23(29-16(2)32)26(35)25(34)21(14-31)39-28)13-19(17-9-5-4-6-10-17)22-24(33)18-11-7-8-12-20(18)38-27(22)36/h4-12,15,19,21,23,25-26,28,31,33-35H,13-14H2,1-3H3,(H,29,32)/t15?,19?,21-,23+,25-,26-,28?/m1/s1.